The molecule has 1 aromatic heterocycles. The molecule has 2 amide bonds. The van der Waals surface area contributed by atoms with Gasteiger partial charge in [-0.1, -0.05) is 13.0 Å². The summed E-state index contributed by atoms with van der Waals surface area (Å²) in [6.07, 6.45) is 0.560. The third-order valence-electron chi connectivity index (χ3n) is 5.78. The number of amides is 2. The molecule has 9 heteroatoms. The fourth-order valence-corrected chi connectivity index (χ4v) is 4.04. The Morgan fingerprint density at radius 1 is 1.09 bits per heavy atom. The number of hydrogen-bond acceptors (Lipinski definition) is 6. The zero-order valence-corrected chi connectivity index (χ0v) is 19.5. The average molecular weight is 463 g/mol. The zero-order valence-electron chi connectivity index (χ0n) is 19.5. The maximum absolute atomic E-state index is 12.8. The molecule has 0 aliphatic carbocycles. The van der Waals surface area contributed by atoms with Crippen molar-refractivity contribution in [1.82, 2.24) is 9.78 Å². The van der Waals surface area contributed by atoms with Gasteiger partial charge in [0.1, 0.15) is 11.9 Å². The lowest BCUT2D eigenvalue weighted by molar-refractivity contribution is -0.123. The third-order valence-corrected chi connectivity index (χ3v) is 5.78. The Balaban J connectivity index is 1.59. The second-order valence-corrected chi connectivity index (χ2v) is 7.93. The summed E-state index contributed by atoms with van der Waals surface area (Å²) in [7, 11) is 3.13. The molecule has 176 valence electrons. The number of ether oxygens (including phenoxy) is 2. The Morgan fingerprint density at radius 2 is 1.79 bits per heavy atom. The number of carbonyl (C=O) groups excluding carboxylic acids is 3. The predicted molar refractivity (Wildman–Crippen MR) is 128 cm³/mol. The molecular weight excluding hydrogens is 436 g/mol. The van der Waals surface area contributed by atoms with E-state index in [4.69, 9.17) is 9.47 Å². The van der Waals surface area contributed by atoms with E-state index in [1.807, 2.05) is 19.1 Å². The zero-order chi connectivity index (χ0) is 24.4. The first-order valence-corrected chi connectivity index (χ1v) is 10.9. The number of benzene rings is 2. The van der Waals surface area contributed by atoms with E-state index >= 15 is 0 Å². The van der Waals surface area contributed by atoms with Crippen molar-refractivity contribution < 1.29 is 23.9 Å². The monoisotopic (exact) mass is 462 g/mol. The molecule has 3 aromatic rings. The van der Waals surface area contributed by atoms with Crippen LogP contribution in [-0.4, -0.2) is 41.6 Å². The molecule has 0 saturated heterocycles. The lowest BCUT2D eigenvalue weighted by Crippen LogP contribution is -2.24. The number of rotatable bonds is 8. The fraction of sp³-hybridized carbons (Fsp3) is 0.280. The van der Waals surface area contributed by atoms with Crippen LogP contribution in [0.3, 0.4) is 0 Å². The fourth-order valence-electron chi connectivity index (χ4n) is 4.04. The van der Waals surface area contributed by atoms with Crippen molar-refractivity contribution in [3.8, 4) is 22.6 Å². The maximum Gasteiger partial charge on any atom is 0.251 e. The second-order valence-electron chi connectivity index (χ2n) is 7.93. The summed E-state index contributed by atoms with van der Waals surface area (Å²) in [5.41, 5.74) is 3.53. The van der Waals surface area contributed by atoms with Crippen LogP contribution in [0.1, 0.15) is 42.4 Å². The highest BCUT2D eigenvalue weighted by atomic mass is 16.5. The third kappa shape index (κ3) is 4.24. The molecule has 1 unspecified atom stereocenters. The molecule has 4 rings (SSSR count). The Hall–Kier alpha value is -4.14. The molecule has 1 aliphatic heterocycles. The first-order valence-electron chi connectivity index (χ1n) is 10.9. The van der Waals surface area contributed by atoms with Crippen molar-refractivity contribution >= 4 is 29.1 Å². The van der Waals surface area contributed by atoms with E-state index < -0.39 is 6.04 Å². The Bertz CT molecular complexity index is 1260. The number of carbonyl (C=O) groups is 3. The number of aromatic nitrogens is 2. The summed E-state index contributed by atoms with van der Waals surface area (Å²) in [6, 6.07) is 11.4. The molecule has 2 aromatic carbocycles. The van der Waals surface area contributed by atoms with Gasteiger partial charge >= 0.3 is 0 Å². The van der Waals surface area contributed by atoms with Gasteiger partial charge in [0.25, 0.3) is 5.91 Å². The van der Waals surface area contributed by atoms with E-state index in [9.17, 15) is 14.4 Å². The molecule has 34 heavy (non-hydrogen) atoms. The van der Waals surface area contributed by atoms with Gasteiger partial charge in [-0.15, -0.1) is 0 Å². The van der Waals surface area contributed by atoms with E-state index in [1.54, 1.807) is 49.2 Å². The number of ketones is 1. The number of Topliss-reactive ketones (excluding diaryl/α,β-unsaturated/α-hetero) is 1. The molecule has 2 heterocycles. The van der Waals surface area contributed by atoms with E-state index in [2.05, 4.69) is 15.7 Å². The highest BCUT2D eigenvalue weighted by Gasteiger charge is 2.37. The minimum atomic E-state index is -0.773. The lowest BCUT2D eigenvalue weighted by Gasteiger charge is -2.10. The Morgan fingerprint density at radius 3 is 2.41 bits per heavy atom. The predicted octanol–water partition coefficient (Wildman–Crippen LogP) is 3.85. The maximum atomic E-state index is 12.8. The van der Waals surface area contributed by atoms with Crippen LogP contribution in [0.2, 0.25) is 0 Å². The first kappa shape index (κ1) is 23.0. The molecule has 0 bridgehead atoms. The normalized spacial score (nSPS) is 14.4. The van der Waals surface area contributed by atoms with Crippen LogP contribution >= 0.6 is 0 Å². The van der Waals surface area contributed by atoms with Gasteiger partial charge in [0.2, 0.25) is 5.91 Å². The summed E-state index contributed by atoms with van der Waals surface area (Å²) in [4.78, 5) is 36.9. The second kappa shape index (κ2) is 9.38. The van der Waals surface area contributed by atoms with Crippen molar-refractivity contribution in [2.45, 2.75) is 32.7 Å². The van der Waals surface area contributed by atoms with Gasteiger partial charge in [0.05, 0.1) is 26.3 Å². The van der Waals surface area contributed by atoms with Crippen LogP contribution in [0.5, 0.6) is 11.5 Å². The van der Waals surface area contributed by atoms with Crippen LogP contribution < -0.4 is 20.1 Å². The average Bonchev–Trinajstić information content (AvgIpc) is 3.33. The summed E-state index contributed by atoms with van der Waals surface area (Å²) in [5, 5.41) is 10.3. The largest absolute Gasteiger partial charge is 0.493 e. The summed E-state index contributed by atoms with van der Waals surface area (Å²) in [6.45, 7) is 3.46. The van der Waals surface area contributed by atoms with Crippen LogP contribution in [0.15, 0.2) is 42.5 Å². The molecule has 1 aliphatic rings. The number of methoxy groups -OCH3 is 2. The van der Waals surface area contributed by atoms with Gasteiger partial charge in [-0.3, -0.25) is 14.4 Å². The Labute approximate surface area is 197 Å². The van der Waals surface area contributed by atoms with Gasteiger partial charge in [-0.2, -0.15) is 5.10 Å². The van der Waals surface area contributed by atoms with Gasteiger partial charge in [0, 0.05) is 16.8 Å². The number of hydrogen-bond donors (Lipinski definition) is 2. The van der Waals surface area contributed by atoms with Gasteiger partial charge < -0.3 is 20.1 Å². The number of nitrogens with zero attached hydrogens (tertiary/aromatic N) is 2. The molecule has 2 N–H and O–H groups in total. The van der Waals surface area contributed by atoms with E-state index in [1.165, 1.54) is 6.92 Å². The summed E-state index contributed by atoms with van der Waals surface area (Å²) < 4.78 is 12.3. The number of nitrogens with one attached hydrogen (secondary N) is 2. The highest BCUT2D eigenvalue weighted by molar-refractivity contribution is 6.04. The molecule has 1 atom stereocenters. The SMILES string of the molecule is CCc1nn2c(c1-c1ccc(OC)c(OC)c1)NC(=O)C2CC(=O)Nc1ccc(C(C)=O)cc1. The van der Waals surface area contributed by atoms with Crippen LogP contribution in [0, 0.1) is 0 Å². The molecule has 0 fully saturated rings. The number of anilines is 2. The molecule has 0 radical (unpaired) electrons. The van der Waals surface area contributed by atoms with Crippen molar-refractivity contribution in [1.29, 1.82) is 0 Å². The number of aryl methyl sites for hydroxylation is 1. The molecule has 0 spiro atoms. The molecule has 0 saturated carbocycles. The number of fused-ring (bicyclic) bond motifs is 1. The van der Waals surface area contributed by atoms with E-state index in [0.717, 1.165) is 16.8 Å². The lowest BCUT2D eigenvalue weighted by atomic mass is 10.0. The van der Waals surface area contributed by atoms with Gasteiger partial charge in [-0.05, 0) is 55.3 Å². The van der Waals surface area contributed by atoms with Crippen molar-refractivity contribution in [2.75, 3.05) is 24.9 Å². The minimum absolute atomic E-state index is 0.0521. The summed E-state index contributed by atoms with van der Waals surface area (Å²) in [5.74, 6) is 1.04. The van der Waals surface area contributed by atoms with Crippen LogP contribution in [-0.2, 0) is 16.0 Å². The standard InChI is InChI=1S/C25H26N4O5/c1-5-18-23(16-8-11-20(33-3)21(12-16)34-4)24-27-25(32)19(29(24)28-18)13-22(31)26-17-9-6-15(7-10-17)14(2)30/h6-12,19H,5,13H2,1-4H3,(H,26,31)(H,27,32). The smallest absolute Gasteiger partial charge is 0.251 e. The van der Waals surface area contributed by atoms with Crippen molar-refractivity contribution in [3.63, 3.8) is 0 Å². The van der Waals surface area contributed by atoms with Crippen LogP contribution in [0.25, 0.3) is 11.1 Å². The minimum Gasteiger partial charge on any atom is -0.493 e. The van der Waals surface area contributed by atoms with Crippen molar-refractivity contribution in [2.24, 2.45) is 0 Å². The quantitative estimate of drug-likeness (QED) is 0.492. The molecule has 9 nitrogen and oxygen atoms in total. The van der Waals surface area contributed by atoms with Gasteiger partial charge in [0.15, 0.2) is 17.3 Å². The highest BCUT2D eigenvalue weighted by Crippen LogP contribution is 2.41. The summed E-state index contributed by atoms with van der Waals surface area (Å²) >= 11 is 0. The molecular formula is C25H26N4O5. The van der Waals surface area contributed by atoms with Crippen molar-refractivity contribution in [3.05, 3.63) is 53.7 Å². The van der Waals surface area contributed by atoms with E-state index in [-0.39, 0.29) is 24.0 Å². The van der Waals surface area contributed by atoms with Gasteiger partial charge in [-0.25, -0.2) is 4.68 Å². The van der Waals surface area contributed by atoms with Crippen LogP contribution in [0.4, 0.5) is 11.5 Å². The topological polar surface area (TPSA) is 112 Å². The van der Waals surface area contributed by atoms with E-state index in [0.29, 0.717) is 35.0 Å². The Kier molecular flexibility index (Phi) is 6.36. The first-order chi connectivity index (χ1) is 16.4.